The van der Waals surface area contributed by atoms with Crippen LogP contribution in [0.2, 0.25) is 5.02 Å². The monoisotopic (exact) mass is 468 g/mol. The Hall–Kier alpha value is -3.07. The number of nitrogens with one attached hydrogen (secondary N) is 1. The Morgan fingerprint density at radius 1 is 1.22 bits per heavy atom. The second-order valence-electron chi connectivity index (χ2n) is 7.42. The Kier molecular flexibility index (Phi) is 7.08. The van der Waals surface area contributed by atoms with E-state index in [0.717, 1.165) is 17.7 Å². The van der Waals surface area contributed by atoms with Gasteiger partial charge in [-0.1, -0.05) is 41.9 Å². The second-order valence-corrected chi connectivity index (χ2v) is 7.83. The molecule has 1 heterocycles. The number of carbonyl (C=O) groups excluding carboxylic acids is 3. The Labute approximate surface area is 187 Å². The summed E-state index contributed by atoms with van der Waals surface area (Å²) in [7, 11) is 0. The fourth-order valence-electron chi connectivity index (χ4n) is 3.24. The highest BCUT2D eigenvalue weighted by Crippen LogP contribution is 2.34. The molecule has 170 valence electrons. The van der Waals surface area contributed by atoms with Crippen LogP contribution in [0.1, 0.15) is 24.5 Å². The molecule has 6 nitrogen and oxygen atoms in total. The van der Waals surface area contributed by atoms with Crippen LogP contribution in [0.4, 0.5) is 18.9 Å². The summed E-state index contributed by atoms with van der Waals surface area (Å²) in [5.41, 5.74) is -0.315. The summed E-state index contributed by atoms with van der Waals surface area (Å²) < 4.78 is 43.8. The molecule has 0 aromatic heterocycles. The van der Waals surface area contributed by atoms with E-state index in [-0.39, 0.29) is 29.6 Å². The molecule has 3 rings (SSSR count). The van der Waals surface area contributed by atoms with Crippen molar-refractivity contribution < 1.29 is 32.3 Å². The van der Waals surface area contributed by atoms with E-state index in [9.17, 15) is 27.6 Å². The van der Waals surface area contributed by atoms with E-state index in [2.05, 4.69) is 5.32 Å². The van der Waals surface area contributed by atoms with Gasteiger partial charge in [0.25, 0.3) is 5.91 Å². The van der Waals surface area contributed by atoms with Crippen LogP contribution in [0.5, 0.6) is 0 Å². The Morgan fingerprint density at radius 2 is 1.91 bits per heavy atom. The number of rotatable bonds is 6. The first kappa shape index (κ1) is 23.6. The van der Waals surface area contributed by atoms with Gasteiger partial charge in [-0.15, -0.1) is 0 Å². The molecule has 32 heavy (non-hydrogen) atoms. The van der Waals surface area contributed by atoms with Gasteiger partial charge in [0.05, 0.1) is 22.2 Å². The zero-order valence-electron chi connectivity index (χ0n) is 17.0. The molecule has 2 aromatic rings. The number of amides is 2. The van der Waals surface area contributed by atoms with Gasteiger partial charge in [-0.05, 0) is 30.7 Å². The maximum atomic E-state index is 12.9. The number of likely N-dealkylation sites (tertiary alicyclic amines) is 1. The molecule has 1 saturated heterocycles. The maximum absolute atomic E-state index is 12.9. The summed E-state index contributed by atoms with van der Waals surface area (Å²) in [5, 5.41) is 2.15. The van der Waals surface area contributed by atoms with Crippen LogP contribution in [0.25, 0.3) is 0 Å². The van der Waals surface area contributed by atoms with Crippen LogP contribution in [-0.2, 0) is 31.8 Å². The lowest BCUT2D eigenvalue weighted by atomic mass is 10.1. The van der Waals surface area contributed by atoms with Gasteiger partial charge in [-0.2, -0.15) is 13.2 Å². The smallest absolute Gasteiger partial charge is 0.416 e. The second kappa shape index (κ2) is 9.60. The average molecular weight is 469 g/mol. The zero-order chi connectivity index (χ0) is 23.5. The first-order chi connectivity index (χ1) is 15.0. The number of nitrogens with zero attached hydrogens (tertiary/aromatic N) is 1. The maximum Gasteiger partial charge on any atom is 0.416 e. The molecule has 1 fully saturated rings. The zero-order valence-corrected chi connectivity index (χ0v) is 17.7. The van der Waals surface area contributed by atoms with Gasteiger partial charge in [0, 0.05) is 19.5 Å². The molecule has 2 atom stereocenters. The first-order valence-corrected chi connectivity index (χ1v) is 10.1. The number of benzene rings is 2. The van der Waals surface area contributed by atoms with E-state index < -0.39 is 35.6 Å². The van der Waals surface area contributed by atoms with Crippen molar-refractivity contribution in [1.82, 2.24) is 4.90 Å². The van der Waals surface area contributed by atoms with Crippen LogP contribution in [0.15, 0.2) is 48.5 Å². The number of carbonyl (C=O) groups is 3. The Bertz CT molecular complexity index is 1010. The van der Waals surface area contributed by atoms with Crippen LogP contribution in [0.3, 0.4) is 0 Å². The quantitative estimate of drug-likeness (QED) is 0.642. The van der Waals surface area contributed by atoms with Crippen molar-refractivity contribution >= 4 is 35.1 Å². The van der Waals surface area contributed by atoms with E-state index in [0.29, 0.717) is 12.6 Å². The standard InChI is InChI=1S/C22H20ClF3N2O4/c1-13(20(30)27-18-10-16(22(24,25)26)7-8-17(18)23)32-21(31)15-9-19(29)28(12-15)11-14-5-3-2-4-6-14/h2-8,10,13,15H,9,11-12H2,1H3,(H,27,30). The molecule has 2 amide bonds. The molecular weight excluding hydrogens is 449 g/mol. The Balaban J connectivity index is 1.57. The number of alkyl halides is 3. The highest BCUT2D eigenvalue weighted by atomic mass is 35.5. The highest BCUT2D eigenvalue weighted by Gasteiger charge is 2.37. The molecule has 1 aliphatic rings. The average Bonchev–Trinajstić information content (AvgIpc) is 3.10. The number of halogens is 4. The normalized spacial score (nSPS) is 17.2. The highest BCUT2D eigenvalue weighted by molar-refractivity contribution is 6.33. The largest absolute Gasteiger partial charge is 0.452 e. The predicted octanol–water partition coefficient (Wildman–Crippen LogP) is 4.28. The third kappa shape index (κ3) is 5.79. The lowest BCUT2D eigenvalue weighted by Gasteiger charge is -2.18. The molecule has 0 radical (unpaired) electrons. The molecule has 2 aromatic carbocycles. The minimum absolute atomic E-state index is 0.0422. The number of esters is 1. The van der Waals surface area contributed by atoms with Crippen molar-refractivity contribution in [2.75, 3.05) is 11.9 Å². The summed E-state index contributed by atoms with van der Waals surface area (Å²) in [4.78, 5) is 38.6. The molecule has 0 aliphatic carbocycles. The van der Waals surface area contributed by atoms with Crippen molar-refractivity contribution in [3.8, 4) is 0 Å². The number of anilines is 1. The number of ether oxygens (including phenoxy) is 1. The molecular formula is C22H20ClF3N2O4. The van der Waals surface area contributed by atoms with Crippen molar-refractivity contribution in [3.63, 3.8) is 0 Å². The molecule has 1 N–H and O–H groups in total. The molecule has 0 spiro atoms. The Morgan fingerprint density at radius 3 is 2.56 bits per heavy atom. The van der Waals surface area contributed by atoms with E-state index in [1.807, 2.05) is 30.3 Å². The first-order valence-electron chi connectivity index (χ1n) is 9.74. The summed E-state index contributed by atoms with van der Waals surface area (Å²) in [6.07, 6.45) is -5.95. The molecule has 10 heteroatoms. The van der Waals surface area contributed by atoms with Gasteiger partial charge in [-0.25, -0.2) is 0 Å². The third-order valence-corrected chi connectivity index (χ3v) is 5.31. The molecule has 1 aliphatic heterocycles. The summed E-state index contributed by atoms with van der Waals surface area (Å²) >= 11 is 5.87. The van der Waals surface area contributed by atoms with Crippen molar-refractivity contribution in [1.29, 1.82) is 0 Å². The van der Waals surface area contributed by atoms with Crippen LogP contribution >= 0.6 is 11.6 Å². The van der Waals surface area contributed by atoms with Crippen molar-refractivity contribution in [2.45, 2.75) is 32.2 Å². The van der Waals surface area contributed by atoms with Crippen molar-refractivity contribution in [3.05, 3.63) is 64.7 Å². The minimum atomic E-state index is -4.61. The third-order valence-electron chi connectivity index (χ3n) is 4.98. The van der Waals surface area contributed by atoms with E-state index >= 15 is 0 Å². The van der Waals surface area contributed by atoms with E-state index in [4.69, 9.17) is 16.3 Å². The minimum Gasteiger partial charge on any atom is -0.452 e. The molecule has 0 bridgehead atoms. The lowest BCUT2D eigenvalue weighted by Crippen LogP contribution is -2.33. The SMILES string of the molecule is CC(OC(=O)C1CC(=O)N(Cc2ccccc2)C1)C(=O)Nc1cc(C(F)(F)F)ccc1Cl. The van der Waals surface area contributed by atoms with Gasteiger partial charge in [-0.3, -0.25) is 14.4 Å². The predicted molar refractivity (Wildman–Crippen MR) is 111 cm³/mol. The van der Waals surface area contributed by atoms with Gasteiger partial charge in [0.2, 0.25) is 5.91 Å². The van der Waals surface area contributed by atoms with Gasteiger partial charge in [0.1, 0.15) is 0 Å². The van der Waals surface area contributed by atoms with Crippen LogP contribution in [-0.4, -0.2) is 35.3 Å². The lowest BCUT2D eigenvalue weighted by molar-refractivity contribution is -0.157. The number of hydrogen-bond acceptors (Lipinski definition) is 4. The molecule has 0 saturated carbocycles. The van der Waals surface area contributed by atoms with Gasteiger partial charge >= 0.3 is 12.1 Å². The van der Waals surface area contributed by atoms with Gasteiger partial charge < -0.3 is 15.0 Å². The summed E-state index contributed by atoms with van der Waals surface area (Å²) in [6, 6.07) is 11.8. The van der Waals surface area contributed by atoms with E-state index in [1.165, 1.54) is 11.8 Å². The van der Waals surface area contributed by atoms with Crippen molar-refractivity contribution in [2.24, 2.45) is 5.92 Å². The summed E-state index contributed by atoms with van der Waals surface area (Å²) in [6.45, 7) is 1.79. The van der Waals surface area contributed by atoms with Gasteiger partial charge in [0.15, 0.2) is 6.10 Å². The topological polar surface area (TPSA) is 75.7 Å². The van der Waals surface area contributed by atoms with E-state index in [1.54, 1.807) is 0 Å². The fraction of sp³-hybridized carbons (Fsp3) is 0.318. The fourth-order valence-corrected chi connectivity index (χ4v) is 3.41. The summed E-state index contributed by atoms with van der Waals surface area (Å²) in [5.74, 6) is -2.51. The number of hydrogen-bond donors (Lipinski definition) is 1. The van der Waals surface area contributed by atoms with Crippen LogP contribution < -0.4 is 5.32 Å². The van der Waals surface area contributed by atoms with Crippen LogP contribution in [0, 0.1) is 5.92 Å². The molecule has 2 unspecified atom stereocenters.